The van der Waals surface area contributed by atoms with E-state index in [1.54, 1.807) is 0 Å². The van der Waals surface area contributed by atoms with E-state index in [1.807, 2.05) is 21.1 Å². The van der Waals surface area contributed by atoms with Crippen molar-refractivity contribution in [3.8, 4) is 0 Å². The minimum atomic E-state index is -4.57. The molecule has 8 nitrogen and oxygen atoms in total. The summed E-state index contributed by atoms with van der Waals surface area (Å²) in [6, 6.07) is -0.812. The fraction of sp³-hybridized carbons (Fsp3) is 0.941. The van der Waals surface area contributed by atoms with Crippen LogP contribution in [-0.4, -0.2) is 68.5 Å². The maximum atomic E-state index is 12.9. The van der Waals surface area contributed by atoms with Crippen LogP contribution in [0.25, 0.3) is 0 Å². The highest BCUT2D eigenvalue weighted by atomic mass is 31.2. The van der Waals surface area contributed by atoms with E-state index in [0.29, 0.717) is 23.9 Å². The van der Waals surface area contributed by atoms with E-state index in [2.05, 4.69) is 31.3 Å². The number of phosphoric acid groups is 1. The molecule has 358 valence electrons. The number of likely N-dealkylation sites (N-methyl/N-ethyl adjacent to an activating group) is 1. The minimum absolute atomic E-state index is 0.0100. The second-order valence-corrected chi connectivity index (χ2v) is 20.6. The SMILES string of the molecule is CCCCCCCCCCCCC/C=C/CCCC[C@@H](O)[C@H](COP(=O)([O-])OCC[N+](C)(C)C)NC(=O)CCCCCCCCCCCCCCCCCCCCCCC. The number of amides is 1. The number of carbonyl (C=O) groups is 1. The van der Waals surface area contributed by atoms with Gasteiger partial charge in [0.05, 0.1) is 39.9 Å². The lowest BCUT2D eigenvalue weighted by molar-refractivity contribution is -0.870. The fourth-order valence-electron chi connectivity index (χ4n) is 7.86. The predicted molar refractivity (Wildman–Crippen MR) is 256 cm³/mol. The van der Waals surface area contributed by atoms with Crippen molar-refractivity contribution in [3.63, 3.8) is 0 Å². The van der Waals surface area contributed by atoms with Crippen molar-refractivity contribution in [2.75, 3.05) is 40.9 Å². The standard InChI is InChI=1S/C51H103N2O6P/c1-6-8-10-12-14-16-18-20-22-24-25-26-27-29-31-33-35-37-39-41-43-45-51(55)52-49(48-59-60(56,57)58-47-46-53(3,4)5)50(54)44-42-40-38-36-34-32-30-28-23-21-19-17-15-13-11-9-7-2/h34,36,49-50,54H,6-33,35,37-48H2,1-5H3,(H-,52,55,56,57)/b36-34+/t49-,50+/m0/s1. The molecule has 0 fully saturated rings. The zero-order chi connectivity index (χ0) is 44.3. The molecule has 0 bridgehead atoms. The summed E-state index contributed by atoms with van der Waals surface area (Å²) in [7, 11) is 1.30. The van der Waals surface area contributed by atoms with Crippen molar-refractivity contribution in [3.05, 3.63) is 12.2 Å². The van der Waals surface area contributed by atoms with Gasteiger partial charge in [-0.3, -0.25) is 9.36 Å². The van der Waals surface area contributed by atoms with Crippen LogP contribution in [0.4, 0.5) is 0 Å². The molecule has 60 heavy (non-hydrogen) atoms. The number of rotatable bonds is 48. The van der Waals surface area contributed by atoms with Gasteiger partial charge in [0.2, 0.25) is 5.91 Å². The second-order valence-electron chi connectivity index (χ2n) is 19.2. The third-order valence-electron chi connectivity index (χ3n) is 12.0. The van der Waals surface area contributed by atoms with Gasteiger partial charge < -0.3 is 28.8 Å². The molecule has 0 saturated carbocycles. The fourth-order valence-corrected chi connectivity index (χ4v) is 8.58. The Balaban J connectivity index is 4.24. The summed E-state index contributed by atoms with van der Waals surface area (Å²) in [4.78, 5) is 25.4. The van der Waals surface area contributed by atoms with Crippen molar-refractivity contribution >= 4 is 13.7 Å². The minimum Gasteiger partial charge on any atom is -0.756 e. The van der Waals surface area contributed by atoms with Crippen LogP contribution in [0.1, 0.15) is 258 Å². The molecule has 0 aliphatic carbocycles. The number of aliphatic hydroxyl groups is 1. The van der Waals surface area contributed by atoms with Gasteiger partial charge in [0.15, 0.2) is 0 Å². The van der Waals surface area contributed by atoms with Crippen LogP contribution in [-0.2, 0) is 18.4 Å². The first-order valence-corrected chi connectivity index (χ1v) is 27.5. The summed E-state index contributed by atoms with van der Waals surface area (Å²) in [5, 5.41) is 14.0. The average molecular weight is 871 g/mol. The number of quaternary nitrogens is 1. The van der Waals surface area contributed by atoms with Gasteiger partial charge in [-0.2, -0.15) is 0 Å². The highest BCUT2D eigenvalue weighted by Crippen LogP contribution is 2.38. The molecule has 0 saturated heterocycles. The molecule has 0 aliphatic heterocycles. The Kier molecular flexibility index (Phi) is 42.9. The maximum absolute atomic E-state index is 12.9. The van der Waals surface area contributed by atoms with Gasteiger partial charge in [-0.1, -0.05) is 225 Å². The van der Waals surface area contributed by atoms with E-state index in [-0.39, 0.29) is 19.1 Å². The number of allylic oxidation sites excluding steroid dienone is 2. The first kappa shape index (κ1) is 59.2. The summed E-state index contributed by atoms with van der Waals surface area (Å²) in [5.74, 6) is -0.169. The van der Waals surface area contributed by atoms with Crippen LogP contribution in [0, 0.1) is 0 Å². The van der Waals surface area contributed by atoms with E-state index in [0.717, 1.165) is 44.9 Å². The Hall–Kier alpha value is -0.760. The number of hydrogen-bond donors (Lipinski definition) is 2. The Morgan fingerprint density at radius 1 is 0.567 bits per heavy atom. The van der Waals surface area contributed by atoms with Crippen molar-refractivity contribution in [2.45, 2.75) is 270 Å². The molecule has 0 spiro atoms. The van der Waals surface area contributed by atoms with Crippen molar-refractivity contribution in [1.29, 1.82) is 0 Å². The summed E-state index contributed by atoms with van der Waals surface area (Å²) in [5.41, 5.74) is 0. The number of unbranched alkanes of at least 4 members (excludes halogenated alkanes) is 33. The van der Waals surface area contributed by atoms with E-state index < -0.39 is 20.0 Å². The highest BCUT2D eigenvalue weighted by molar-refractivity contribution is 7.45. The second kappa shape index (κ2) is 43.5. The molecule has 0 heterocycles. The molecule has 0 rings (SSSR count). The number of nitrogens with zero attached hydrogens (tertiary/aromatic N) is 1. The molecule has 1 unspecified atom stereocenters. The quantitative estimate of drug-likeness (QED) is 0.0273. The predicted octanol–water partition coefficient (Wildman–Crippen LogP) is 14.5. The Morgan fingerprint density at radius 2 is 0.917 bits per heavy atom. The first-order valence-electron chi connectivity index (χ1n) is 26.0. The molecule has 2 N–H and O–H groups in total. The topological polar surface area (TPSA) is 108 Å². The third-order valence-corrected chi connectivity index (χ3v) is 13.0. The van der Waals surface area contributed by atoms with Gasteiger partial charge in [-0.05, 0) is 38.5 Å². The lowest BCUT2D eigenvalue weighted by Crippen LogP contribution is -2.46. The molecule has 1 amide bonds. The molecule has 0 aromatic rings. The lowest BCUT2D eigenvalue weighted by atomic mass is 10.0. The molecule has 0 aromatic heterocycles. The smallest absolute Gasteiger partial charge is 0.268 e. The van der Waals surface area contributed by atoms with Gasteiger partial charge in [-0.15, -0.1) is 0 Å². The van der Waals surface area contributed by atoms with Crippen LogP contribution in [0.2, 0.25) is 0 Å². The van der Waals surface area contributed by atoms with Gasteiger partial charge in [0.1, 0.15) is 13.2 Å². The largest absolute Gasteiger partial charge is 0.756 e. The van der Waals surface area contributed by atoms with Crippen LogP contribution in [0.3, 0.4) is 0 Å². The van der Waals surface area contributed by atoms with Gasteiger partial charge in [0.25, 0.3) is 7.82 Å². The van der Waals surface area contributed by atoms with Crippen LogP contribution in [0.5, 0.6) is 0 Å². The highest BCUT2D eigenvalue weighted by Gasteiger charge is 2.24. The lowest BCUT2D eigenvalue weighted by Gasteiger charge is -2.30. The van der Waals surface area contributed by atoms with Gasteiger partial charge in [0, 0.05) is 6.42 Å². The average Bonchev–Trinajstić information content (AvgIpc) is 3.20. The van der Waals surface area contributed by atoms with Crippen molar-refractivity contribution < 1.29 is 32.9 Å². The molecule has 0 aromatic carbocycles. The zero-order valence-corrected chi connectivity index (χ0v) is 41.6. The molecular weight excluding hydrogens is 768 g/mol. The Morgan fingerprint density at radius 3 is 1.30 bits per heavy atom. The third kappa shape index (κ3) is 45.3. The van der Waals surface area contributed by atoms with E-state index in [1.165, 1.54) is 186 Å². The molecule has 0 aliphatic rings. The molecule has 0 radical (unpaired) electrons. The number of nitrogens with one attached hydrogen (secondary N) is 1. The summed E-state index contributed by atoms with van der Waals surface area (Å²) in [6.07, 6.45) is 50.9. The molecular formula is C51H103N2O6P. The summed E-state index contributed by atoms with van der Waals surface area (Å²) in [6.45, 7) is 4.73. The van der Waals surface area contributed by atoms with Gasteiger partial charge in [-0.25, -0.2) is 0 Å². The van der Waals surface area contributed by atoms with Crippen LogP contribution < -0.4 is 10.2 Å². The van der Waals surface area contributed by atoms with Crippen LogP contribution in [0.15, 0.2) is 12.2 Å². The molecule has 3 atom stereocenters. The Bertz CT molecular complexity index is 989. The van der Waals surface area contributed by atoms with Crippen LogP contribution >= 0.6 is 7.82 Å². The summed E-state index contributed by atoms with van der Waals surface area (Å²) < 4.78 is 23.3. The van der Waals surface area contributed by atoms with Gasteiger partial charge >= 0.3 is 0 Å². The number of carbonyl (C=O) groups excluding carboxylic acids is 1. The number of hydrogen-bond acceptors (Lipinski definition) is 6. The number of aliphatic hydroxyl groups excluding tert-OH is 1. The molecule has 9 heteroatoms. The summed E-state index contributed by atoms with van der Waals surface area (Å²) >= 11 is 0. The monoisotopic (exact) mass is 871 g/mol. The van der Waals surface area contributed by atoms with Crippen molar-refractivity contribution in [2.24, 2.45) is 0 Å². The zero-order valence-electron chi connectivity index (χ0n) is 40.7. The Labute approximate surface area is 373 Å². The van der Waals surface area contributed by atoms with E-state index in [9.17, 15) is 19.4 Å². The number of phosphoric ester groups is 1. The normalized spacial score (nSPS) is 14.2. The van der Waals surface area contributed by atoms with E-state index in [4.69, 9.17) is 9.05 Å². The maximum Gasteiger partial charge on any atom is 0.268 e. The first-order chi connectivity index (χ1) is 29.0. The van der Waals surface area contributed by atoms with Crippen molar-refractivity contribution in [1.82, 2.24) is 5.32 Å². The van der Waals surface area contributed by atoms with E-state index >= 15 is 0 Å².